The van der Waals surface area contributed by atoms with Crippen molar-refractivity contribution in [3.8, 4) is 5.75 Å². The van der Waals surface area contributed by atoms with Crippen LogP contribution in [0.15, 0.2) is 48.0 Å². The molecule has 0 saturated heterocycles. The summed E-state index contributed by atoms with van der Waals surface area (Å²) < 4.78 is 33.0. The van der Waals surface area contributed by atoms with Crippen molar-refractivity contribution < 1.29 is 13.5 Å². The summed E-state index contributed by atoms with van der Waals surface area (Å²) in [7, 11) is 3.94. The van der Waals surface area contributed by atoms with Gasteiger partial charge in [-0.1, -0.05) is 12.1 Å². The molecule has 25 heavy (non-hydrogen) atoms. The Hall–Kier alpha value is -2.24. The SMILES string of the molecule is CN(C)CC(N)CC1=C(c2ccc(F)cc2)c2cc(F)ccc2OC1. The first-order valence-electron chi connectivity index (χ1n) is 8.25. The number of ether oxygens (including phenoxy) is 1. The minimum Gasteiger partial charge on any atom is -0.489 e. The summed E-state index contributed by atoms with van der Waals surface area (Å²) in [6.07, 6.45) is 0.626. The van der Waals surface area contributed by atoms with Crippen molar-refractivity contribution in [2.45, 2.75) is 12.5 Å². The Morgan fingerprint density at radius 1 is 1.08 bits per heavy atom. The van der Waals surface area contributed by atoms with E-state index in [1.165, 1.54) is 24.3 Å². The molecule has 0 spiro atoms. The highest BCUT2D eigenvalue weighted by Gasteiger charge is 2.23. The Labute approximate surface area is 146 Å². The van der Waals surface area contributed by atoms with Crippen LogP contribution in [0, 0.1) is 11.6 Å². The van der Waals surface area contributed by atoms with E-state index in [1.807, 2.05) is 19.0 Å². The van der Waals surface area contributed by atoms with Crippen LogP contribution in [-0.2, 0) is 0 Å². The average molecular weight is 344 g/mol. The third kappa shape index (κ3) is 4.06. The molecule has 5 heteroatoms. The largest absolute Gasteiger partial charge is 0.489 e. The van der Waals surface area contributed by atoms with Crippen LogP contribution >= 0.6 is 0 Å². The van der Waals surface area contributed by atoms with Gasteiger partial charge in [0.2, 0.25) is 0 Å². The number of fused-ring (bicyclic) bond motifs is 1. The molecule has 3 nitrogen and oxygen atoms in total. The molecule has 1 heterocycles. The van der Waals surface area contributed by atoms with E-state index in [0.29, 0.717) is 24.3 Å². The van der Waals surface area contributed by atoms with E-state index in [9.17, 15) is 8.78 Å². The van der Waals surface area contributed by atoms with Crippen molar-refractivity contribution in [2.24, 2.45) is 5.73 Å². The second-order valence-corrected chi connectivity index (χ2v) is 6.64. The maximum atomic E-state index is 13.8. The van der Waals surface area contributed by atoms with Gasteiger partial charge in [0.05, 0.1) is 0 Å². The van der Waals surface area contributed by atoms with Crippen molar-refractivity contribution in [3.63, 3.8) is 0 Å². The Balaban J connectivity index is 2.07. The number of hydrogen-bond donors (Lipinski definition) is 1. The van der Waals surface area contributed by atoms with Gasteiger partial charge in [-0.15, -0.1) is 0 Å². The van der Waals surface area contributed by atoms with Crippen LogP contribution in [0.4, 0.5) is 8.78 Å². The Kier molecular flexibility index (Phi) is 5.16. The molecule has 0 aromatic heterocycles. The van der Waals surface area contributed by atoms with Crippen LogP contribution in [0.2, 0.25) is 0 Å². The molecule has 0 saturated carbocycles. The standard InChI is InChI=1S/C20H22F2N2O/c1-24(2)11-17(23)9-14-12-25-19-8-7-16(22)10-18(19)20(14)13-3-5-15(21)6-4-13/h3-8,10,17H,9,11-12,23H2,1-2H3. The van der Waals surface area contributed by atoms with Crippen molar-refractivity contribution in [1.82, 2.24) is 4.90 Å². The minimum absolute atomic E-state index is 0.0702. The van der Waals surface area contributed by atoms with Crippen LogP contribution in [0.3, 0.4) is 0 Å². The van der Waals surface area contributed by atoms with E-state index < -0.39 is 0 Å². The molecule has 0 bridgehead atoms. The molecule has 0 fully saturated rings. The number of benzene rings is 2. The molecule has 1 aliphatic heterocycles. The van der Waals surface area contributed by atoms with Gasteiger partial charge in [-0.05, 0) is 67.6 Å². The lowest BCUT2D eigenvalue weighted by Gasteiger charge is -2.27. The van der Waals surface area contributed by atoms with Gasteiger partial charge in [0, 0.05) is 18.2 Å². The molecule has 1 atom stereocenters. The lowest BCUT2D eigenvalue weighted by atomic mass is 9.88. The van der Waals surface area contributed by atoms with Gasteiger partial charge in [-0.25, -0.2) is 8.78 Å². The molecule has 1 unspecified atom stereocenters. The molecular formula is C20H22F2N2O. The minimum atomic E-state index is -0.333. The molecule has 0 radical (unpaired) electrons. The van der Waals surface area contributed by atoms with Crippen molar-refractivity contribution >= 4 is 5.57 Å². The van der Waals surface area contributed by atoms with Gasteiger partial charge in [0.15, 0.2) is 0 Å². The molecule has 0 aliphatic carbocycles. The molecule has 3 rings (SSSR count). The zero-order valence-electron chi connectivity index (χ0n) is 14.4. The first-order valence-corrected chi connectivity index (χ1v) is 8.25. The predicted octanol–water partition coefficient (Wildman–Crippen LogP) is 3.44. The van der Waals surface area contributed by atoms with E-state index in [4.69, 9.17) is 10.5 Å². The van der Waals surface area contributed by atoms with Crippen LogP contribution in [0.5, 0.6) is 5.75 Å². The smallest absolute Gasteiger partial charge is 0.127 e. The molecular weight excluding hydrogens is 322 g/mol. The molecule has 132 valence electrons. The Morgan fingerprint density at radius 3 is 2.44 bits per heavy atom. The fourth-order valence-corrected chi connectivity index (χ4v) is 3.24. The third-order valence-corrected chi connectivity index (χ3v) is 4.21. The Morgan fingerprint density at radius 2 is 1.76 bits per heavy atom. The summed E-state index contributed by atoms with van der Waals surface area (Å²) in [6, 6.07) is 10.6. The van der Waals surface area contributed by atoms with Crippen molar-refractivity contribution in [2.75, 3.05) is 27.2 Å². The number of rotatable bonds is 5. The maximum absolute atomic E-state index is 13.8. The van der Waals surface area contributed by atoms with Crippen LogP contribution in [-0.4, -0.2) is 38.2 Å². The summed E-state index contributed by atoms with van der Waals surface area (Å²) in [5.74, 6) is -0.00630. The lowest BCUT2D eigenvalue weighted by molar-refractivity contribution is 0.326. The number of nitrogens with two attached hydrogens (primary N) is 1. The summed E-state index contributed by atoms with van der Waals surface area (Å²) in [6.45, 7) is 1.13. The van der Waals surface area contributed by atoms with E-state index in [1.54, 1.807) is 18.2 Å². The highest BCUT2D eigenvalue weighted by Crippen LogP contribution is 2.39. The zero-order valence-corrected chi connectivity index (χ0v) is 14.4. The lowest BCUT2D eigenvalue weighted by Crippen LogP contribution is -2.34. The average Bonchev–Trinajstić information content (AvgIpc) is 2.55. The summed E-state index contributed by atoms with van der Waals surface area (Å²) in [4.78, 5) is 2.03. The zero-order chi connectivity index (χ0) is 18.0. The molecule has 1 aliphatic rings. The molecule has 2 N–H and O–H groups in total. The molecule has 0 amide bonds. The fraction of sp³-hybridized carbons (Fsp3) is 0.300. The summed E-state index contributed by atoms with van der Waals surface area (Å²) in [5, 5.41) is 0. The fourth-order valence-electron chi connectivity index (χ4n) is 3.24. The first-order chi connectivity index (χ1) is 11.9. The van der Waals surface area contributed by atoms with Gasteiger partial charge in [-0.2, -0.15) is 0 Å². The predicted molar refractivity (Wildman–Crippen MR) is 95.5 cm³/mol. The maximum Gasteiger partial charge on any atom is 0.127 e. The second-order valence-electron chi connectivity index (χ2n) is 6.64. The van der Waals surface area contributed by atoms with Gasteiger partial charge in [-0.3, -0.25) is 0 Å². The summed E-state index contributed by atoms with van der Waals surface area (Å²) in [5.41, 5.74) is 9.66. The number of halogens is 2. The highest BCUT2D eigenvalue weighted by atomic mass is 19.1. The van der Waals surface area contributed by atoms with Gasteiger partial charge in [0.25, 0.3) is 0 Å². The van der Waals surface area contributed by atoms with Gasteiger partial charge >= 0.3 is 0 Å². The monoisotopic (exact) mass is 344 g/mol. The molecule has 2 aromatic carbocycles. The topological polar surface area (TPSA) is 38.5 Å². The van der Waals surface area contributed by atoms with Crippen LogP contribution in [0.1, 0.15) is 17.5 Å². The van der Waals surface area contributed by atoms with Crippen LogP contribution < -0.4 is 10.5 Å². The quantitative estimate of drug-likeness (QED) is 0.903. The number of likely N-dealkylation sites (N-methyl/N-ethyl adjacent to an activating group) is 1. The molecule has 2 aromatic rings. The first kappa shape index (κ1) is 17.6. The normalized spacial score (nSPS) is 15.1. The summed E-state index contributed by atoms with van der Waals surface area (Å²) >= 11 is 0. The third-order valence-electron chi connectivity index (χ3n) is 4.21. The highest BCUT2D eigenvalue weighted by molar-refractivity contribution is 5.86. The van der Waals surface area contributed by atoms with Crippen molar-refractivity contribution in [1.29, 1.82) is 0 Å². The van der Waals surface area contributed by atoms with E-state index in [2.05, 4.69) is 0 Å². The van der Waals surface area contributed by atoms with E-state index >= 15 is 0 Å². The van der Waals surface area contributed by atoms with Crippen molar-refractivity contribution in [3.05, 3.63) is 70.8 Å². The van der Waals surface area contributed by atoms with E-state index in [0.717, 1.165) is 23.3 Å². The van der Waals surface area contributed by atoms with Gasteiger partial charge in [0.1, 0.15) is 24.0 Å². The van der Waals surface area contributed by atoms with Gasteiger partial charge < -0.3 is 15.4 Å². The van der Waals surface area contributed by atoms with E-state index in [-0.39, 0.29) is 17.7 Å². The second kappa shape index (κ2) is 7.33. The Bertz CT molecular complexity index is 785. The number of hydrogen-bond acceptors (Lipinski definition) is 3. The number of nitrogens with zero attached hydrogens (tertiary/aromatic N) is 1. The van der Waals surface area contributed by atoms with Crippen LogP contribution in [0.25, 0.3) is 5.57 Å².